The van der Waals surface area contributed by atoms with Gasteiger partial charge in [-0.05, 0) is 57.9 Å². The molecule has 2 aromatic heterocycles. The lowest BCUT2D eigenvalue weighted by atomic mass is 10.1. The predicted octanol–water partition coefficient (Wildman–Crippen LogP) is 5.28. The van der Waals surface area contributed by atoms with E-state index < -0.39 is 27.1 Å². The Kier molecular flexibility index (Phi) is 8.19. The molecule has 0 aliphatic carbocycles. The van der Waals surface area contributed by atoms with Crippen LogP contribution in [-0.2, 0) is 19.6 Å². The number of fused-ring (bicyclic) bond motifs is 2. The van der Waals surface area contributed by atoms with Crippen molar-refractivity contribution in [3.05, 3.63) is 59.0 Å². The molecule has 0 amide bonds. The number of ether oxygens (including phenoxy) is 1. The normalized spacial score (nSPS) is 12.2. The van der Waals surface area contributed by atoms with E-state index in [-0.39, 0.29) is 30.9 Å². The van der Waals surface area contributed by atoms with Crippen molar-refractivity contribution in [3.8, 4) is 10.6 Å². The highest BCUT2D eigenvalue weighted by molar-refractivity contribution is 7.85. The van der Waals surface area contributed by atoms with Crippen LogP contribution in [0.15, 0.2) is 57.7 Å². The molecule has 0 atom stereocenters. The Morgan fingerprint density at radius 3 is 2.47 bits per heavy atom. The lowest BCUT2D eigenvalue weighted by molar-refractivity contribution is -0.154. The van der Waals surface area contributed by atoms with Gasteiger partial charge in [-0.2, -0.15) is 8.42 Å². The SMILES string of the molecule is CC(C)(C)OC(=O)CCCN(CCCS(=O)(=O)O)c1c(-c2nc3ccccc3s2)c(=O)oc2ccccc12. The smallest absolute Gasteiger partial charge is 0.348 e. The minimum atomic E-state index is -4.18. The Hall–Kier alpha value is -3.28. The zero-order valence-electron chi connectivity index (χ0n) is 21.5. The first-order valence-corrected chi connectivity index (χ1v) is 14.7. The van der Waals surface area contributed by atoms with Crippen LogP contribution in [-0.4, -0.2) is 48.4 Å². The molecule has 2 heterocycles. The molecule has 11 heteroatoms. The summed E-state index contributed by atoms with van der Waals surface area (Å²) in [5, 5.41) is 1.14. The molecule has 0 bridgehead atoms. The average Bonchev–Trinajstić information content (AvgIpc) is 3.24. The lowest BCUT2D eigenvalue weighted by Crippen LogP contribution is -2.30. The molecule has 0 saturated carbocycles. The predicted molar refractivity (Wildman–Crippen MR) is 149 cm³/mol. The van der Waals surface area contributed by atoms with Crippen molar-refractivity contribution < 1.29 is 26.9 Å². The fourth-order valence-corrected chi connectivity index (χ4v) is 5.70. The van der Waals surface area contributed by atoms with Crippen molar-refractivity contribution in [1.82, 2.24) is 4.98 Å². The maximum absolute atomic E-state index is 13.4. The number of nitrogens with zero attached hydrogens (tertiary/aromatic N) is 2. The number of esters is 1. The van der Waals surface area contributed by atoms with E-state index in [1.807, 2.05) is 41.3 Å². The van der Waals surface area contributed by atoms with E-state index >= 15 is 0 Å². The van der Waals surface area contributed by atoms with Gasteiger partial charge in [0, 0.05) is 24.9 Å². The van der Waals surface area contributed by atoms with Gasteiger partial charge in [0.05, 0.1) is 21.7 Å². The second-order valence-electron chi connectivity index (χ2n) is 9.91. The van der Waals surface area contributed by atoms with Crippen LogP contribution in [0.3, 0.4) is 0 Å². The van der Waals surface area contributed by atoms with Gasteiger partial charge >= 0.3 is 11.6 Å². The summed E-state index contributed by atoms with van der Waals surface area (Å²) in [5.74, 6) is -0.787. The summed E-state index contributed by atoms with van der Waals surface area (Å²) >= 11 is 1.36. The maximum atomic E-state index is 13.4. The monoisotopic (exact) mass is 558 g/mol. The number of thiazole rings is 1. The van der Waals surface area contributed by atoms with Gasteiger partial charge in [-0.1, -0.05) is 24.3 Å². The molecule has 0 fully saturated rings. The number of hydrogen-bond acceptors (Lipinski definition) is 9. The van der Waals surface area contributed by atoms with E-state index in [9.17, 15) is 22.6 Å². The molecule has 202 valence electrons. The number of benzene rings is 2. The number of aromatic nitrogens is 1. The van der Waals surface area contributed by atoms with Crippen molar-refractivity contribution in [1.29, 1.82) is 0 Å². The first-order valence-electron chi connectivity index (χ1n) is 12.2. The molecule has 0 unspecified atom stereocenters. The number of para-hydroxylation sites is 2. The standard InChI is InChI=1S/C27H30N2O7S2/c1-27(2,3)36-22(30)14-8-15-29(16-9-17-38(32,33)34)24-18-10-4-6-12-20(18)35-26(31)23(24)25-28-19-11-5-7-13-21(19)37-25/h4-7,10-13H,8-9,14-17H2,1-3H3,(H,32,33,34). The molecule has 9 nitrogen and oxygen atoms in total. The number of carbonyl (C=O) groups is 1. The summed E-state index contributed by atoms with van der Waals surface area (Å²) in [6.07, 6.45) is 0.648. The van der Waals surface area contributed by atoms with Gasteiger partial charge in [0.25, 0.3) is 10.1 Å². The third-order valence-electron chi connectivity index (χ3n) is 5.67. The second kappa shape index (κ2) is 11.2. The molecule has 4 rings (SSSR count). The van der Waals surface area contributed by atoms with Gasteiger partial charge in [-0.15, -0.1) is 11.3 Å². The van der Waals surface area contributed by atoms with Crippen LogP contribution < -0.4 is 10.5 Å². The van der Waals surface area contributed by atoms with E-state index in [2.05, 4.69) is 4.98 Å². The molecule has 0 saturated heterocycles. The fourth-order valence-electron chi connectivity index (χ4n) is 4.21. The topological polar surface area (TPSA) is 127 Å². The Morgan fingerprint density at radius 1 is 1.08 bits per heavy atom. The number of anilines is 1. The quantitative estimate of drug-likeness (QED) is 0.157. The summed E-state index contributed by atoms with van der Waals surface area (Å²) in [5.41, 5.74) is 0.771. The summed E-state index contributed by atoms with van der Waals surface area (Å²) < 4.78 is 44.2. The van der Waals surface area contributed by atoms with Crippen molar-refractivity contribution in [2.75, 3.05) is 23.7 Å². The highest BCUT2D eigenvalue weighted by Crippen LogP contribution is 2.38. The Labute approximate surface area is 224 Å². The summed E-state index contributed by atoms with van der Waals surface area (Å²) in [6.45, 7) is 5.93. The number of hydrogen-bond donors (Lipinski definition) is 1. The van der Waals surface area contributed by atoms with Crippen LogP contribution in [0.2, 0.25) is 0 Å². The zero-order chi connectivity index (χ0) is 27.5. The molecule has 38 heavy (non-hydrogen) atoms. The first-order chi connectivity index (χ1) is 17.9. The molecule has 1 N–H and O–H groups in total. The van der Waals surface area contributed by atoms with Gasteiger partial charge in [0.15, 0.2) is 0 Å². The summed E-state index contributed by atoms with van der Waals surface area (Å²) in [6, 6.07) is 14.7. The third kappa shape index (κ3) is 6.97. The molecular weight excluding hydrogens is 528 g/mol. The van der Waals surface area contributed by atoms with Crippen molar-refractivity contribution in [3.63, 3.8) is 0 Å². The largest absolute Gasteiger partial charge is 0.460 e. The highest BCUT2D eigenvalue weighted by Gasteiger charge is 2.25. The molecule has 0 aliphatic rings. The molecule has 0 spiro atoms. The van der Waals surface area contributed by atoms with Gasteiger partial charge in [-0.25, -0.2) is 9.78 Å². The van der Waals surface area contributed by atoms with E-state index in [0.29, 0.717) is 34.6 Å². The summed E-state index contributed by atoms with van der Waals surface area (Å²) in [4.78, 5) is 32.3. The van der Waals surface area contributed by atoms with Crippen LogP contribution in [0.25, 0.3) is 31.8 Å². The van der Waals surface area contributed by atoms with Crippen LogP contribution in [0.1, 0.15) is 40.0 Å². The van der Waals surface area contributed by atoms with Crippen LogP contribution in [0, 0.1) is 0 Å². The van der Waals surface area contributed by atoms with Crippen LogP contribution in [0.5, 0.6) is 0 Å². The van der Waals surface area contributed by atoms with E-state index in [0.717, 1.165) is 10.2 Å². The Morgan fingerprint density at radius 2 is 1.76 bits per heavy atom. The fraction of sp³-hybridized carbons (Fsp3) is 0.370. The van der Waals surface area contributed by atoms with Crippen molar-refractivity contribution >= 4 is 54.3 Å². The van der Waals surface area contributed by atoms with E-state index in [4.69, 9.17) is 9.15 Å². The summed E-state index contributed by atoms with van der Waals surface area (Å²) in [7, 11) is -4.18. The molecule has 0 radical (unpaired) electrons. The van der Waals surface area contributed by atoms with Crippen molar-refractivity contribution in [2.45, 2.75) is 45.6 Å². The number of carbonyl (C=O) groups excluding carboxylic acids is 1. The molecule has 4 aromatic rings. The van der Waals surface area contributed by atoms with E-state index in [1.165, 1.54) is 11.3 Å². The zero-order valence-corrected chi connectivity index (χ0v) is 23.1. The van der Waals surface area contributed by atoms with Gasteiger partial charge < -0.3 is 14.1 Å². The lowest BCUT2D eigenvalue weighted by Gasteiger charge is -2.27. The van der Waals surface area contributed by atoms with Gasteiger partial charge in [0.1, 0.15) is 21.8 Å². The van der Waals surface area contributed by atoms with Crippen LogP contribution >= 0.6 is 11.3 Å². The minimum Gasteiger partial charge on any atom is -0.460 e. The maximum Gasteiger partial charge on any atom is 0.348 e. The van der Waals surface area contributed by atoms with Gasteiger partial charge in [-0.3, -0.25) is 9.35 Å². The molecule has 0 aliphatic heterocycles. The van der Waals surface area contributed by atoms with Gasteiger partial charge in [0.2, 0.25) is 0 Å². The van der Waals surface area contributed by atoms with Crippen molar-refractivity contribution in [2.24, 2.45) is 0 Å². The number of rotatable bonds is 10. The highest BCUT2D eigenvalue weighted by atomic mass is 32.2. The molecule has 2 aromatic carbocycles. The molecular formula is C27H30N2O7S2. The van der Waals surface area contributed by atoms with E-state index in [1.54, 1.807) is 32.9 Å². The van der Waals surface area contributed by atoms with Crippen LogP contribution in [0.4, 0.5) is 5.69 Å². The average molecular weight is 559 g/mol. The second-order valence-corrected chi connectivity index (χ2v) is 12.5. The minimum absolute atomic E-state index is 0.110. The Bertz CT molecular complexity index is 1580. The first kappa shape index (κ1) is 27.7. The third-order valence-corrected chi connectivity index (χ3v) is 7.53. The Balaban J connectivity index is 1.78.